The largest absolute Gasteiger partial charge is 0.469 e. The second-order valence-corrected chi connectivity index (χ2v) is 3.98. The van der Waals surface area contributed by atoms with E-state index in [0.29, 0.717) is 6.42 Å². The fourth-order valence-electron chi connectivity index (χ4n) is 2.10. The van der Waals surface area contributed by atoms with E-state index in [4.69, 9.17) is 0 Å². The van der Waals surface area contributed by atoms with Gasteiger partial charge in [-0.2, -0.15) is 0 Å². The maximum absolute atomic E-state index is 11.3. The van der Waals surface area contributed by atoms with Crippen LogP contribution in [0.5, 0.6) is 0 Å². The van der Waals surface area contributed by atoms with Crippen molar-refractivity contribution in [1.29, 1.82) is 0 Å². The molecule has 1 heterocycles. The van der Waals surface area contributed by atoms with Crippen LogP contribution in [0.1, 0.15) is 39.0 Å². The van der Waals surface area contributed by atoms with E-state index in [-0.39, 0.29) is 17.9 Å². The number of likely N-dealkylation sites (tertiary alicyclic amines) is 1. The Hall–Kier alpha value is -1.06. The number of carbonyl (C=O) groups is 2. The highest BCUT2D eigenvalue weighted by molar-refractivity contribution is 5.74. The summed E-state index contributed by atoms with van der Waals surface area (Å²) in [5, 5.41) is 0. The molecule has 1 rings (SSSR count). The fraction of sp³-hybridized carbons (Fsp3) is 0.818. The Bertz CT molecular complexity index is 240. The molecule has 0 aromatic heterocycles. The van der Waals surface area contributed by atoms with E-state index in [1.807, 2.05) is 4.90 Å². The van der Waals surface area contributed by atoms with Crippen LogP contribution in [0.3, 0.4) is 0 Å². The summed E-state index contributed by atoms with van der Waals surface area (Å²) in [4.78, 5) is 24.2. The maximum atomic E-state index is 11.3. The van der Waals surface area contributed by atoms with Gasteiger partial charge in [0.2, 0.25) is 5.91 Å². The van der Waals surface area contributed by atoms with Crippen molar-refractivity contribution in [3.8, 4) is 0 Å². The van der Waals surface area contributed by atoms with Crippen LogP contribution < -0.4 is 0 Å². The van der Waals surface area contributed by atoms with E-state index in [2.05, 4.69) is 4.74 Å². The highest BCUT2D eigenvalue weighted by Crippen LogP contribution is 2.20. The first-order valence-electron chi connectivity index (χ1n) is 5.49. The van der Waals surface area contributed by atoms with Crippen LogP contribution in [0, 0.1) is 0 Å². The molecule has 15 heavy (non-hydrogen) atoms. The molecule has 0 N–H and O–H groups in total. The molecule has 4 nitrogen and oxygen atoms in total. The SMILES string of the molecule is COC(=O)CCC1CCCCN1C(C)=O. The van der Waals surface area contributed by atoms with Crippen LogP contribution in [0.2, 0.25) is 0 Å². The Balaban J connectivity index is 2.42. The molecule has 1 amide bonds. The summed E-state index contributed by atoms with van der Waals surface area (Å²) in [6.07, 6.45) is 4.37. The lowest BCUT2D eigenvalue weighted by atomic mass is 9.98. The molecule has 1 aliphatic rings. The van der Waals surface area contributed by atoms with Crippen LogP contribution in [0.15, 0.2) is 0 Å². The molecule has 0 radical (unpaired) electrons. The number of esters is 1. The summed E-state index contributed by atoms with van der Waals surface area (Å²) < 4.78 is 4.59. The molecule has 1 unspecified atom stereocenters. The van der Waals surface area contributed by atoms with Gasteiger partial charge in [-0.1, -0.05) is 0 Å². The molecule has 0 saturated carbocycles. The number of amides is 1. The molecule has 1 saturated heterocycles. The number of rotatable bonds is 3. The lowest BCUT2D eigenvalue weighted by molar-refractivity contribution is -0.142. The number of hydrogen-bond acceptors (Lipinski definition) is 3. The molecule has 0 spiro atoms. The van der Waals surface area contributed by atoms with Crippen LogP contribution in [0.4, 0.5) is 0 Å². The first kappa shape index (κ1) is 12.0. The zero-order valence-corrected chi connectivity index (χ0v) is 9.49. The topological polar surface area (TPSA) is 46.6 Å². The van der Waals surface area contributed by atoms with E-state index in [9.17, 15) is 9.59 Å². The van der Waals surface area contributed by atoms with Crippen LogP contribution in [0.25, 0.3) is 0 Å². The molecule has 1 atom stereocenters. The van der Waals surface area contributed by atoms with E-state index in [1.165, 1.54) is 7.11 Å². The number of piperidine rings is 1. The highest BCUT2D eigenvalue weighted by atomic mass is 16.5. The Morgan fingerprint density at radius 3 is 2.73 bits per heavy atom. The third-order valence-corrected chi connectivity index (χ3v) is 2.94. The summed E-state index contributed by atoms with van der Waals surface area (Å²) in [6, 6.07) is 0.232. The van der Waals surface area contributed by atoms with Crippen molar-refractivity contribution in [1.82, 2.24) is 4.90 Å². The summed E-state index contributed by atoms with van der Waals surface area (Å²) >= 11 is 0. The Morgan fingerprint density at radius 1 is 1.40 bits per heavy atom. The molecule has 0 bridgehead atoms. The zero-order valence-electron chi connectivity index (χ0n) is 9.49. The average molecular weight is 213 g/mol. The predicted octanol–water partition coefficient (Wildman–Crippen LogP) is 1.34. The molecule has 1 aliphatic heterocycles. The van der Waals surface area contributed by atoms with Crippen molar-refractivity contribution >= 4 is 11.9 Å². The Morgan fingerprint density at radius 2 is 2.13 bits per heavy atom. The summed E-state index contributed by atoms with van der Waals surface area (Å²) in [5.74, 6) is -0.0753. The van der Waals surface area contributed by atoms with Crippen LogP contribution in [-0.4, -0.2) is 36.5 Å². The van der Waals surface area contributed by atoms with Gasteiger partial charge in [-0.05, 0) is 25.7 Å². The van der Waals surface area contributed by atoms with Crippen LogP contribution in [-0.2, 0) is 14.3 Å². The van der Waals surface area contributed by atoms with Gasteiger partial charge in [-0.3, -0.25) is 9.59 Å². The van der Waals surface area contributed by atoms with E-state index in [0.717, 1.165) is 32.2 Å². The normalized spacial score (nSPS) is 21.2. The second kappa shape index (κ2) is 5.73. The average Bonchev–Trinajstić information content (AvgIpc) is 2.26. The number of methoxy groups -OCH3 is 1. The standard InChI is InChI=1S/C11H19NO3/c1-9(13)12-8-4-3-5-10(12)6-7-11(14)15-2/h10H,3-8H2,1-2H3. The molecule has 0 aliphatic carbocycles. The molecular weight excluding hydrogens is 194 g/mol. The van der Waals surface area contributed by atoms with Crippen molar-refractivity contribution < 1.29 is 14.3 Å². The summed E-state index contributed by atoms with van der Waals surface area (Å²) in [5.41, 5.74) is 0. The third-order valence-electron chi connectivity index (χ3n) is 2.94. The minimum Gasteiger partial charge on any atom is -0.469 e. The fourth-order valence-corrected chi connectivity index (χ4v) is 2.10. The van der Waals surface area contributed by atoms with Gasteiger partial charge in [0, 0.05) is 25.9 Å². The summed E-state index contributed by atoms with van der Waals surface area (Å²) in [6.45, 7) is 2.43. The van der Waals surface area contributed by atoms with Crippen molar-refractivity contribution in [2.24, 2.45) is 0 Å². The smallest absolute Gasteiger partial charge is 0.305 e. The monoisotopic (exact) mass is 213 g/mol. The first-order chi connectivity index (χ1) is 7.15. The number of nitrogens with zero attached hydrogens (tertiary/aromatic N) is 1. The number of ether oxygens (including phenoxy) is 1. The molecule has 1 fully saturated rings. The van der Waals surface area contributed by atoms with Gasteiger partial charge in [0.25, 0.3) is 0 Å². The minimum atomic E-state index is -0.191. The lowest BCUT2D eigenvalue weighted by Crippen LogP contribution is -2.42. The number of hydrogen-bond donors (Lipinski definition) is 0. The van der Waals surface area contributed by atoms with E-state index in [1.54, 1.807) is 6.92 Å². The number of carbonyl (C=O) groups excluding carboxylic acids is 2. The van der Waals surface area contributed by atoms with Gasteiger partial charge >= 0.3 is 5.97 Å². The van der Waals surface area contributed by atoms with Gasteiger partial charge in [-0.25, -0.2) is 0 Å². The molecule has 0 aromatic carbocycles. The molecule has 86 valence electrons. The third kappa shape index (κ3) is 3.53. The van der Waals surface area contributed by atoms with Crippen molar-refractivity contribution in [3.63, 3.8) is 0 Å². The quantitative estimate of drug-likeness (QED) is 0.665. The first-order valence-corrected chi connectivity index (χ1v) is 5.49. The Kier molecular flexibility index (Phi) is 4.59. The second-order valence-electron chi connectivity index (χ2n) is 3.98. The van der Waals surface area contributed by atoms with Crippen molar-refractivity contribution in [2.45, 2.75) is 45.1 Å². The van der Waals surface area contributed by atoms with Gasteiger partial charge in [-0.15, -0.1) is 0 Å². The Labute approximate surface area is 90.6 Å². The van der Waals surface area contributed by atoms with Crippen LogP contribution >= 0.6 is 0 Å². The molecule has 0 aromatic rings. The molecular formula is C11H19NO3. The highest BCUT2D eigenvalue weighted by Gasteiger charge is 2.24. The minimum absolute atomic E-state index is 0.115. The van der Waals surface area contributed by atoms with E-state index >= 15 is 0 Å². The van der Waals surface area contributed by atoms with Crippen molar-refractivity contribution in [3.05, 3.63) is 0 Å². The van der Waals surface area contributed by atoms with Gasteiger partial charge in [0.1, 0.15) is 0 Å². The summed E-state index contributed by atoms with van der Waals surface area (Å²) in [7, 11) is 1.39. The molecule has 4 heteroatoms. The van der Waals surface area contributed by atoms with E-state index < -0.39 is 0 Å². The maximum Gasteiger partial charge on any atom is 0.305 e. The lowest BCUT2D eigenvalue weighted by Gasteiger charge is -2.34. The van der Waals surface area contributed by atoms with Crippen molar-refractivity contribution in [2.75, 3.05) is 13.7 Å². The van der Waals surface area contributed by atoms with Gasteiger partial charge in [0.15, 0.2) is 0 Å². The van der Waals surface area contributed by atoms with Gasteiger partial charge < -0.3 is 9.64 Å². The van der Waals surface area contributed by atoms with Gasteiger partial charge in [0.05, 0.1) is 7.11 Å². The zero-order chi connectivity index (χ0) is 11.3. The predicted molar refractivity (Wildman–Crippen MR) is 56.3 cm³/mol.